The molecule has 0 aromatic heterocycles. The molecule has 0 fully saturated rings. The molecule has 100 valence electrons. The summed E-state index contributed by atoms with van der Waals surface area (Å²) in [5, 5.41) is 0. The first-order valence-corrected chi connectivity index (χ1v) is 6.66. The van der Waals surface area contributed by atoms with Gasteiger partial charge in [0.25, 0.3) is 0 Å². The van der Waals surface area contributed by atoms with Crippen molar-refractivity contribution in [2.24, 2.45) is 5.73 Å². The molecule has 1 nitrogen and oxygen atoms in total. The van der Waals surface area contributed by atoms with Crippen LogP contribution in [0.5, 0.6) is 0 Å². The molecule has 1 unspecified atom stereocenters. The van der Waals surface area contributed by atoms with E-state index in [-0.39, 0.29) is 11.9 Å². The number of hydrogen-bond donors (Lipinski definition) is 1. The zero-order chi connectivity index (χ0) is 13.8. The molecule has 2 aromatic rings. The van der Waals surface area contributed by atoms with Crippen molar-refractivity contribution in [2.45, 2.75) is 32.2 Å². The fourth-order valence-electron chi connectivity index (χ4n) is 2.15. The Morgan fingerprint density at radius 2 is 1.68 bits per heavy atom. The van der Waals surface area contributed by atoms with E-state index in [4.69, 9.17) is 5.73 Å². The third-order valence-corrected chi connectivity index (χ3v) is 3.38. The molecule has 0 saturated carbocycles. The summed E-state index contributed by atoms with van der Waals surface area (Å²) >= 11 is 0. The van der Waals surface area contributed by atoms with Gasteiger partial charge in [0.2, 0.25) is 0 Å². The smallest absolute Gasteiger partial charge is 0.123 e. The Hall–Kier alpha value is -1.67. The molecule has 0 spiro atoms. The van der Waals surface area contributed by atoms with E-state index in [1.807, 2.05) is 6.07 Å². The molecule has 2 rings (SSSR count). The Bertz CT molecular complexity index is 531. The molecule has 0 heterocycles. The second kappa shape index (κ2) is 5.98. The molecule has 2 N–H and O–H groups in total. The molecule has 0 aliphatic rings. The number of hydrogen-bond acceptors (Lipinski definition) is 1. The fourth-order valence-corrected chi connectivity index (χ4v) is 2.15. The van der Waals surface area contributed by atoms with Gasteiger partial charge in [-0.3, -0.25) is 0 Å². The average molecular weight is 257 g/mol. The van der Waals surface area contributed by atoms with E-state index in [9.17, 15) is 4.39 Å². The highest BCUT2D eigenvalue weighted by Crippen LogP contribution is 2.19. The van der Waals surface area contributed by atoms with Crippen LogP contribution < -0.4 is 5.73 Å². The van der Waals surface area contributed by atoms with Gasteiger partial charge in [-0.2, -0.15) is 0 Å². The third-order valence-electron chi connectivity index (χ3n) is 3.38. The summed E-state index contributed by atoms with van der Waals surface area (Å²) in [5.74, 6) is 0.300. The van der Waals surface area contributed by atoms with Crippen molar-refractivity contribution in [1.29, 1.82) is 0 Å². The van der Waals surface area contributed by atoms with Gasteiger partial charge in [0.05, 0.1) is 0 Å². The Kier molecular flexibility index (Phi) is 4.33. The highest BCUT2D eigenvalue weighted by molar-refractivity contribution is 5.27. The number of nitrogens with two attached hydrogens (primary N) is 1. The standard InChI is InChI=1S/C17H20FN/c1-12(2)14-8-6-13(7-9-14)10-17(19)15-4-3-5-16(18)11-15/h3-9,11-12,17H,10,19H2,1-2H3. The van der Waals surface area contributed by atoms with E-state index in [1.54, 1.807) is 6.07 Å². The maximum atomic E-state index is 13.2. The molecule has 0 aliphatic heterocycles. The first-order chi connectivity index (χ1) is 9.06. The highest BCUT2D eigenvalue weighted by Gasteiger charge is 2.08. The minimum absolute atomic E-state index is 0.166. The second-order valence-electron chi connectivity index (χ2n) is 5.26. The van der Waals surface area contributed by atoms with Crippen LogP contribution in [-0.4, -0.2) is 0 Å². The lowest BCUT2D eigenvalue weighted by atomic mass is 9.96. The van der Waals surface area contributed by atoms with Crippen molar-refractivity contribution in [3.63, 3.8) is 0 Å². The van der Waals surface area contributed by atoms with Crippen molar-refractivity contribution >= 4 is 0 Å². The Morgan fingerprint density at radius 1 is 1.00 bits per heavy atom. The van der Waals surface area contributed by atoms with E-state index in [1.165, 1.54) is 23.3 Å². The first kappa shape index (κ1) is 13.8. The fraction of sp³-hybridized carbons (Fsp3) is 0.294. The van der Waals surface area contributed by atoms with Crippen molar-refractivity contribution in [1.82, 2.24) is 0 Å². The lowest BCUT2D eigenvalue weighted by Gasteiger charge is -2.13. The summed E-state index contributed by atoms with van der Waals surface area (Å²) in [5.41, 5.74) is 9.47. The van der Waals surface area contributed by atoms with Gasteiger partial charge in [-0.15, -0.1) is 0 Å². The molecule has 0 aliphatic carbocycles. The summed E-state index contributed by atoms with van der Waals surface area (Å²) in [6.45, 7) is 4.35. The average Bonchev–Trinajstić information content (AvgIpc) is 2.39. The van der Waals surface area contributed by atoms with Gasteiger partial charge in [0.1, 0.15) is 5.82 Å². The Labute approximate surface area is 114 Å². The number of rotatable bonds is 4. The van der Waals surface area contributed by atoms with E-state index in [0.717, 1.165) is 12.0 Å². The molecular formula is C17H20FN. The molecule has 0 bridgehead atoms. The second-order valence-corrected chi connectivity index (χ2v) is 5.26. The molecule has 19 heavy (non-hydrogen) atoms. The molecule has 0 saturated heterocycles. The monoisotopic (exact) mass is 257 g/mol. The predicted octanol–water partition coefficient (Wildman–Crippen LogP) is 4.19. The highest BCUT2D eigenvalue weighted by atomic mass is 19.1. The lowest BCUT2D eigenvalue weighted by Crippen LogP contribution is -2.13. The van der Waals surface area contributed by atoms with Crippen LogP contribution in [0.15, 0.2) is 48.5 Å². The van der Waals surface area contributed by atoms with Crippen LogP contribution in [0.25, 0.3) is 0 Å². The van der Waals surface area contributed by atoms with E-state index < -0.39 is 0 Å². The van der Waals surface area contributed by atoms with Gasteiger partial charge < -0.3 is 5.73 Å². The quantitative estimate of drug-likeness (QED) is 0.873. The normalized spacial score (nSPS) is 12.7. The Morgan fingerprint density at radius 3 is 2.26 bits per heavy atom. The minimum Gasteiger partial charge on any atom is -0.324 e. The summed E-state index contributed by atoms with van der Waals surface area (Å²) in [7, 11) is 0. The van der Waals surface area contributed by atoms with Gasteiger partial charge in [0, 0.05) is 6.04 Å². The molecule has 1 atom stereocenters. The van der Waals surface area contributed by atoms with E-state index >= 15 is 0 Å². The lowest BCUT2D eigenvalue weighted by molar-refractivity contribution is 0.618. The summed E-state index contributed by atoms with van der Waals surface area (Å²) in [6.07, 6.45) is 0.724. The van der Waals surface area contributed by atoms with Crippen LogP contribution in [0, 0.1) is 5.82 Å². The van der Waals surface area contributed by atoms with Crippen LogP contribution >= 0.6 is 0 Å². The van der Waals surface area contributed by atoms with Crippen LogP contribution in [0.1, 0.15) is 42.5 Å². The van der Waals surface area contributed by atoms with E-state index in [2.05, 4.69) is 38.1 Å². The van der Waals surface area contributed by atoms with Crippen molar-refractivity contribution in [2.75, 3.05) is 0 Å². The maximum Gasteiger partial charge on any atom is 0.123 e. The number of benzene rings is 2. The number of halogens is 1. The largest absolute Gasteiger partial charge is 0.324 e. The Balaban J connectivity index is 2.08. The SMILES string of the molecule is CC(C)c1ccc(CC(N)c2cccc(F)c2)cc1. The van der Waals surface area contributed by atoms with E-state index in [0.29, 0.717) is 5.92 Å². The topological polar surface area (TPSA) is 26.0 Å². The maximum absolute atomic E-state index is 13.2. The molecule has 0 radical (unpaired) electrons. The molecule has 2 aromatic carbocycles. The summed E-state index contributed by atoms with van der Waals surface area (Å²) in [6, 6.07) is 14.8. The molecular weight excluding hydrogens is 237 g/mol. The van der Waals surface area contributed by atoms with Crippen LogP contribution in [0.4, 0.5) is 4.39 Å². The van der Waals surface area contributed by atoms with Crippen LogP contribution in [0.2, 0.25) is 0 Å². The molecule has 0 amide bonds. The van der Waals surface area contributed by atoms with Crippen LogP contribution in [0.3, 0.4) is 0 Å². The van der Waals surface area contributed by atoms with Crippen molar-refractivity contribution in [3.05, 3.63) is 71.0 Å². The van der Waals surface area contributed by atoms with Gasteiger partial charge in [0.15, 0.2) is 0 Å². The summed E-state index contributed by atoms with van der Waals surface area (Å²) < 4.78 is 13.2. The minimum atomic E-state index is -0.233. The third kappa shape index (κ3) is 3.65. The zero-order valence-corrected chi connectivity index (χ0v) is 11.4. The van der Waals surface area contributed by atoms with Gasteiger partial charge >= 0.3 is 0 Å². The molecule has 2 heteroatoms. The van der Waals surface area contributed by atoms with Crippen molar-refractivity contribution in [3.8, 4) is 0 Å². The van der Waals surface area contributed by atoms with Gasteiger partial charge in [-0.05, 0) is 41.2 Å². The predicted molar refractivity (Wildman–Crippen MR) is 77.6 cm³/mol. The van der Waals surface area contributed by atoms with Crippen LogP contribution in [-0.2, 0) is 6.42 Å². The summed E-state index contributed by atoms with van der Waals surface area (Å²) in [4.78, 5) is 0. The zero-order valence-electron chi connectivity index (χ0n) is 11.4. The van der Waals surface area contributed by atoms with Gasteiger partial charge in [-0.25, -0.2) is 4.39 Å². The van der Waals surface area contributed by atoms with Gasteiger partial charge in [-0.1, -0.05) is 50.2 Å². The van der Waals surface area contributed by atoms with Crippen molar-refractivity contribution < 1.29 is 4.39 Å². The first-order valence-electron chi connectivity index (χ1n) is 6.66.